The summed E-state index contributed by atoms with van der Waals surface area (Å²) in [4.78, 5) is 25.3. The molecule has 0 aliphatic heterocycles. The van der Waals surface area contributed by atoms with E-state index >= 15 is 0 Å². The number of carbonyl (C=O) groups excluding carboxylic acids is 1. The molecule has 2 aromatic heterocycles. The second-order valence-electron chi connectivity index (χ2n) is 5.53. The lowest BCUT2D eigenvalue weighted by atomic mass is 10.1. The average molecular weight is 347 g/mol. The maximum atomic E-state index is 12.0. The predicted octanol–water partition coefficient (Wildman–Crippen LogP) is 2.46. The van der Waals surface area contributed by atoms with Crippen LogP contribution in [0.15, 0.2) is 48.7 Å². The van der Waals surface area contributed by atoms with Gasteiger partial charge in [0.05, 0.1) is 24.2 Å². The van der Waals surface area contributed by atoms with Crippen LogP contribution < -0.4 is 5.32 Å². The molecule has 0 saturated heterocycles. The number of aromatic nitrogens is 3. The van der Waals surface area contributed by atoms with Crippen molar-refractivity contribution < 1.29 is 9.53 Å². The number of fused-ring (bicyclic) bond motifs is 1. The van der Waals surface area contributed by atoms with Gasteiger partial charge in [-0.15, -0.1) is 0 Å². The van der Waals surface area contributed by atoms with Gasteiger partial charge in [0.1, 0.15) is 5.69 Å². The zero-order chi connectivity index (χ0) is 18.4. The molecule has 0 fully saturated rings. The minimum atomic E-state index is -1.14. The number of carbonyl (C=O) groups is 1. The van der Waals surface area contributed by atoms with Crippen molar-refractivity contribution >= 4 is 22.8 Å². The number of esters is 1. The fourth-order valence-corrected chi connectivity index (χ4v) is 2.54. The van der Waals surface area contributed by atoms with Crippen molar-refractivity contribution in [2.75, 3.05) is 19.0 Å². The van der Waals surface area contributed by atoms with E-state index < -0.39 is 11.9 Å². The lowest BCUT2D eigenvalue weighted by molar-refractivity contribution is -0.141. The fraction of sp³-hybridized carbons (Fsp3) is 0.211. The van der Waals surface area contributed by atoms with Crippen LogP contribution in [0.25, 0.3) is 11.0 Å². The number of nitriles is 1. The third-order valence-electron chi connectivity index (χ3n) is 3.84. The molecule has 3 aromatic rings. The largest absolute Gasteiger partial charge is 0.468 e. The highest BCUT2D eigenvalue weighted by molar-refractivity contribution is 5.84. The van der Waals surface area contributed by atoms with E-state index in [4.69, 9.17) is 4.74 Å². The standard InChI is InChI=1S/C19H17N5O2/c1-26-19(25)14(12-20)17-18(22-11-9-13-6-4-5-10-21-13)24-16-8-3-2-7-15(16)23-17/h2-8,10,14H,9,11H2,1H3,(H,22,24). The highest BCUT2D eigenvalue weighted by Crippen LogP contribution is 2.25. The number of benzene rings is 1. The molecule has 2 heterocycles. The molecule has 0 bridgehead atoms. The third-order valence-corrected chi connectivity index (χ3v) is 3.84. The molecular weight excluding hydrogens is 330 g/mol. The number of anilines is 1. The van der Waals surface area contributed by atoms with Crippen LogP contribution in [0.3, 0.4) is 0 Å². The van der Waals surface area contributed by atoms with Gasteiger partial charge < -0.3 is 10.1 Å². The minimum Gasteiger partial charge on any atom is -0.468 e. The number of nitrogens with zero attached hydrogens (tertiary/aromatic N) is 4. The quantitative estimate of drug-likeness (QED) is 0.683. The van der Waals surface area contributed by atoms with E-state index in [0.29, 0.717) is 29.8 Å². The van der Waals surface area contributed by atoms with Crippen LogP contribution in [0.1, 0.15) is 17.3 Å². The Morgan fingerprint density at radius 2 is 1.92 bits per heavy atom. The van der Waals surface area contributed by atoms with E-state index in [0.717, 1.165) is 5.69 Å². The first-order chi connectivity index (χ1) is 12.7. The molecule has 7 heteroatoms. The summed E-state index contributed by atoms with van der Waals surface area (Å²) in [5.41, 5.74) is 2.49. The molecule has 1 aromatic carbocycles. The van der Waals surface area contributed by atoms with Crippen molar-refractivity contribution in [3.8, 4) is 6.07 Å². The predicted molar refractivity (Wildman–Crippen MR) is 96.3 cm³/mol. The van der Waals surface area contributed by atoms with Gasteiger partial charge in [0.25, 0.3) is 0 Å². The Labute approximate surface area is 150 Å². The highest BCUT2D eigenvalue weighted by Gasteiger charge is 2.27. The van der Waals surface area contributed by atoms with E-state index in [9.17, 15) is 10.1 Å². The van der Waals surface area contributed by atoms with Crippen LogP contribution in [0.2, 0.25) is 0 Å². The van der Waals surface area contributed by atoms with Crippen LogP contribution in [-0.2, 0) is 16.0 Å². The van der Waals surface area contributed by atoms with E-state index in [1.54, 1.807) is 12.3 Å². The number of rotatable bonds is 6. The number of ether oxygens (including phenoxy) is 1. The smallest absolute Gasteiger partial charge is 0.329 e. The van der Waals surface area contributed by atoms with Crippen molar-refractivity contribution in [1.29, 1.82) is 5.26 Å². The van der Waals surface area contributed by atoms with Crippen LogP contribution >= 0.6 is 0 Å². The number of para-hydroxylation sites is 2. The Morgan fingerprint density at radius 1 is 1.19 bits per heavy atom. The molecule has 26 heavy (non-hydrogen) atoms. The molecule has 0 aliphatic rings. The van der Waals surface area contributed by atoms with E-state index in [1.165, 1.54) is 7.11 Å². The van der Waals surface area contributed by atoms with Gasteiger partial charge in [0.2, 0.25) is 0 Å². The summed E-state index contributed by atoms with van der Waals surface area (Å²) in [6, 6.07) is 15.0. The monoisotopic (exact) mass is 347 g/mol. The Kier molecular flexibility index (Phi) is 5.34. The van der Waals surface area contributed by atoms with Crippen molar-refractivity contribution in [2.45, 2.75) is 12.3 Å². The normalized spacial score (nSPS) is 11.5. The molecule has 130 valence electrons. The number of nitrogens with one attached hydrogen (secondary N) is 1. The first-order valence-electron chi connectivity index (χ1n) is 8.11. The van der Waals surface area contributed by atoms with E-state index in [-0.39, 0.29) is 5.69 Å². The molecule has 1 unspecified atom stereocenters. The van der Waals surface area contributed by atoms with E-state index in [1.807, 2.05) is 42.5 Å². The van der Waals surface area contributed by atoms with Crippen molar-refractivity contribution in [3.05, 3.63) is 60.0 Å². The maximum Gasteiger partial charge on any atom is 0.329 e. The lowest BCUT2D eigenvalue weighted by Crippen LogP contribution is -2.18. The van der Waals surface area contributed by atoms with Crippen LogP contribution in [-0.4, -0.2) is 34.6 Å². The molecule has 0 radical (unpaired) electrons. The van der Waals surface area contributed by atoms with Gasteiger partial charge in [0.15, 0.2) is 11.7 Å². The van der Waals surface area contributed by atoms with Gasteiger partial charge in [-0.05, 0) is 24.3 Å². The number of hydrogen-bond acceptors (Lipinski definition) is 7. The fourth-order valence-electron chi connectivity index (χ4n) is 2.54. The Balaban J connectivity index is 1.92. The van der Waals surface area contributed by atoms with Crippen molar-refractivity contribution in [1.82, 2.24) is 15.0 Å². The van der Waals surface area contributed by atoms with Gasteiger partial charge in [-0.25, -0.2) is 9.97 Å². The first kappa shape index (κ1) is 17.3. The number of methoxy groups -OCH3 is 1. The Bertz CT molecular complexity index is 953. The SMILES string of the molecule is COC(=O)C(C#N)c1nc2ccccc2nc1NCCc1ccccn1. The summed E-state index contributed by atoms with van der Waals surface area (Å²) < 4.78 is 4.73. The molecule has 3 rings (SSSR count). The summed E-state index contributed by atoms with van der Waals surface area (Å²) in [5, 5.41) is 12.6. The summed E-state index contributed by atoms with van der Waals surface area (Å²) in [5.74, 6) is -1.41. The molecule has 1 N–H and O–H groups in total. The zero-order valence-corrected chi connectivity index (χ0v) is 14.2. The van der Waals surface area contributed by atoms with Crippen LogP contribution in [0.4, 0.5) is 5.82 Å². The summed E-state index contributed by atoms with van der Waals surface area (Å²) in [6.07, 6.45) is 2.41. The minimum absolute atomic E-state index is 0.263. The van der Waals surface area contributed by atoms with E-state index in [2.05, 4.69) is 20.3 Å². The second kappa shape index (κ2) is 8.03. The molecule has 0 amide bonds. The molecule has 1 atom stereocenters. The number of hydrogen-bond donors (Lipinski definition) is 1. The highest BCUT2D eigenvalue weighted by atomic mass is 16.5. The van der Waals surface area contributed by atoms with Crippen LogP contribution in [0, 0.1) is 11.3 Å². The Hall–Kier alpha value is -3.53. The van der Waals surface area contributed by atoms with Crippen molar-refractivity contribution in [2.24, 2.45) is 0 Å². The first-order valence-corrected chi connectivity index (χ1v) is 8.11. The topological polar surface area (TPSA) is 101 Å². The summed E-state index contributed by atoms with van der Waals surface area (Å²) in [7, 11) is 1.25. The molecule has 7 nitrogen and oxygen atoms in total. The summed E-state index contributed by atoms with van der Waals surface area (Å²) in [6.45, 7) is 0.538. The van der Waals surface area contributed by atoms with Gasteiger partial charge in [-0.2, -0.15) is 5.26 Å². The van der Waals surface area contributed by atoms with Gasteiger partial charge in [-0.1, -0.05) is 18.2 Å². The molecule has 0 saturated carbocycles. The molecule has 0 aliphatic carbocycles. The van der Waals surface area contributed by atoms with Crippen LogP contribution in [0.5, 0.6) is 0 Å². The van der Waals surface area contributed by atoms with Gasteiger partial charge in [-0.3, -0.25) is 9.78 Å². The summed E-state index contributed by atoms with van der Waals surface area (Å²) >= 11 is 0. The number of pyridine rings is 1. The Morgan fingerprint density at radius 3 is 2.58 bits per heavy atom. The zero-order valence-electron chi connectivity index (χ0n) is 14.2. The van der Waals surface area contributed by atoms with Crippen molar-refractivity contribution in [3.63, 3.8) is 0 Å². The van der Waals surface area contributed by atoms with Gasteiger partial charge in [0, 0.05) is 24.9 Å². The molecular formula is C19H17N5O2. The van der Waals surface area contributed by atoms with Gasteiger partial charge >= 0.3 is 5.97 Å². The maximum absolute atomic E-state index is 12.0. The second-order valence-corrected chi connectivity index (χ2v) is 5.53. The third kappa shape index (κ3) is 3.75. The molecule has 0 spiro atoms. The lowest BCUT2D eigenvalue weighted by Gasteiger charge is -2.14. The average Bonchev–Trinajstić information content (AvgIpc) is 2.69.